The molecule has 0 fully saturated rings. The smallest absolute Gasteiger partial charge is 0.147 e. The van der Waals surface area contributed by atoms with Crippen molar-refractivity contribution in [2.24, 2.45) is 0 Å². The molecule has 4 nitrogen and oxygen atoms in total. The van der Waals surface area contributed by atoms with Crippen LogP contribution in [0.5, 0.6) is 0 Å². The quantitative estimate of drug-likeness (QED) is 0.243. The molecule has 7 aromatic rings. The van der Waals surface area contributed by atoms with Crippen LogP contribution >= 0.6 is 0 Å². The highest BCUT2D eigenvalue weighted by atomic mass is 15.1. The zero-order chi connectivity index (χ0) is 22.7. The van der Waals surface area contributed by atoms with Crippen molar-refractivity contribution in [1.82, 2.24) is 19.4 Å². The lowest BCUT2D eigenvalue weighted by atomic mass is 9.93. The maximum atomic E-state index is 5.04. The predicted molar refractivity (Wildman–Crippen MR) is 140 cm³/mol. The highest BCUT2D eigenvalue weighted by molar-refractivity contribution is 6.16. The zero-order valence-corrected chi connectivity index (χ0v) is 18.8. The van der Waals surface area contributed by atoms with E-state index in [1.54, 1.807) is 6.20 Å². The fraction of sp³-hybridized carbons (Fsp3) is 0.0645. The lowest BCUT2D eigenvalue weighted by Crippen LogP contribution is -1.96. The number of rotatable bonds is 0. The first-order chi connectivity index (χ1) is 17.4. The molecule has 0 amide bonds. The van der Waals surface area contributed by atoms with Gasteiger partial charge in [0.05, 0.1) is 17.2 Å². The number of nitrogens with zero attached hydrogens (tertiary/aromatic N) is 4. The number of fused-ring (bicyclic) bond motifs is 16. The minimum Gasteiger partial charge on any atom is -0.274 e. The number of aromatic nitrogens is 4. The first-order valence-electron chi connectivity index (χ1n) is 12.0. The van der Waals surface area contributed by atoms with Gasteiger partial charge in [-0.2, -0.15) is 0 Å². The largest absolute Gasteiger partial charge is 0.274 e. The van der Waals surface area contributed by atoms with Crippen LogP contribution in [0.3, 0.4) is 0 Å². The van der Waals surface area contributed by atoms with Gasteiger partial charge >= 0.3 is 0 Å². The number of pyridine rings is 3. The molecule has 4 heterocycles. The molecule has 0 aliphatic heterocycles. The Balaban J connectivity index is 1.42. The van der Waals surface area contributed by atoms with E-state index in [1.165, 1.54) is 60.7 Å². The van der Waals surface area contributed by atoms with Crippen molar-refractivity contribution in [3.63, 3.8) is 0 Å². The molecule has 0 saturated heterocycles. The van der Waals surface area contributed by atoms with Crippen LogP contribution in [0, 0.1) is 0 Å². The van der Waals surface area contributed by atoms with Gasteiger partial charge in [0.15, 0.2) is 0 Å². The molecular weight excluding hydrogens is 428 g/mol. The molecule has 0 spiro atoms. The van der Waals surface area contributed by atoms with Crippen molar-refractivity contribution in [2.45, 2.75) is 12.8 Å². The summed E-state index contributed by atoms with van der Waals surface area (Å²) in [4.78, 5) is 14.2. The first kappa shape index (κ1) is 17.8. The van der Waals surface area contributed by atoms with E-state index in [4.69, 9.17) is 9.97 Å². The number of imidazole rings is 1. The summed E-state index contributed by atoms with van der Waals surface area (Å²) in [6, 6.07) is 24.3. The molecule has 0 N–H and O–H groups in total. The Morgan fingerprint density at radius 2 is 1.54 bits per heavy atom. The topological polar surface area (TPSA) is 43.1 Å². The van der Waals surface area contributed by atoms with Crippen molar-refractivity contribution >= 4 is 38.5 Å². The normalized spacial score (nSPS) is 13.5. The Kier molecular flexibility index (Phi) is 3.11. The predicted octanol–water partition coefficient (Wildman–Crippen LogP) is 6.73. The zero-order valence-electron chi connectivity index (χ0n) is 18.8. The standard InChI is InChI=1S/C31H18N4/c1-2-5-19-17(4-1)14-24-20(19)8-7-18-15-25-21(28(18)24)9-10-23-29(25)22-6-3-12-33-30(22)35-27-16-32-13-11-26(27)34-31(23)35/h1-13,16H,14-15H2. The van der Waals surface area contributed by atoms with Crippen molar-refractivity contribution in [1.29, 1.82) is 0 Å². The van der Waals surface area contributed by atoms with Gasteiger partial charge in [-0.1, -0.05) is 42.5 Å². The van der Waals surface area contributed by atoms with Gasteiger partial charge in [0.25, 0.3) is 0 Å². The van der Waals surface area contributed by atoms with Gasteiger partial charge in [-0.15, -0.1) is 0 Å². The summed E-state index contributed by atoms with van der Waals surface area (Å²) in [5.74, 6) is 0. The van der Waals surface area contributed by atoms with Crippen molar-refractivity contribution in [2.75, 3.05) is 0 Å². The molecule has 0 unspecified atom stereocenters. The molecule has 0 saturated carbocycles. The SMILES string of the molecule is c1ccc2c(c1)Cc1c-2ccc2c1-c1ccc3c(c1C2)c1cccnc1n1c2cnccc2nc31. The minimum atomic E-state index is 0.937. The monoisotopic (exact) mass is 446 g/mol. The second-order valence-electron chi connectivity index (χ2n) is 9.66. The van der Waals surface area contributed by atoms with E-state index < -0.39 is 0 Å². The van der Waals surface area contributed by atoms with Crippen LogP contribution < -0.4 is 0 Å². The fourth-order valence-corrected chi connectivity index (χ4v) is 6.58. The Morgan fingerprint density at radius 3 is 2.54 bits per heavy atom. The van der Waals surface area contributed by atoms with Crippen molar-refractivity contribution in [3.8, 4) is 22.3 Å². The van der Waals surface area contributed by atoms with Crippen LogP contribution in [0.2, 0.25) is 0 Å². The Labute approximate surface area is 200 Å². The second-order valence-corrected chi connectivity index (χ2v) is 9.66. The van der Waals surface area contributed by atoms with Gasteiger partial charge in [-0.05, 0) is 81.6 Å². The van der Waals surface area contributed by atoms with Crippen LogP contribution in [0.15, 0.2) is 85.3 Å². The minimum absolute atomic E-state index is 0.937. The van der Waals surface area contributed by atoms with Crippen LogP contribution in [0.1, 0.15) is 22.3 Å². The Morgan fingerprint density at radius 1 is 0.657 bits per heavy atom. The van der Waals surface area contributed by atoms with Crippen LogP contribution in [-0.2, 0) is 12.8 Å². The second kappa shape index (κ2) is 6.10. The summed E-state index contributed by atoms with van der Waals surface area (Å²) in [6.07, 6.45) is 7.51. The molecule has 2 aliphatic carbocycles. The van der Waals surface area contributed by atoms with Gasteiger partial charge in [-0.25, -0.2) is 9.97 Å². The number of benzene rings is 3. The van der Waals surface area contributed by atoms with Crippen LogP contribution in [0.4, 0.5) is 0 Å². The number of hydrogen-bond donors (Lipinski definition) is 0. The summed E-state index contributed by atoms with van der Waals surface area (Å²) in [6.45, 7) is 0. The Bertz CT molecular complexity index is 2070. The maximum Gasteiger partial charge on any atom is 0.147 e. The van der Waals surface area contributed by atoms with Gasteiger partial charge in [0.1, 0.15) is 11.3 Å². The van der Waals surface area contributed by atoms with Gasteiger partial charge in [0, 0.05) is 28.6 Å². The summed E-state index contributed by atoms with van der Waals surface area (Å²) in [5.41, 5.74) is 15.1. The fourth-order valence-electron chi connectivity index (χ4n) is 6.58. The molecule has 0 bridgehead atoms. The molecule has 4 aromatic heterocycles. The highest BCUT2D eigenvalue weighted by Gasteiger charge is 2.30. The van der Waals surface area contributed by atoms with E-state index in [0.717, 1.165) is 35.2 Å². The Hall–Kier alpha value is -4.57. The molecule has 4 heteroatoms. The average molecular weight is 447 g/mol. The molecule has 9 rings (SSSR count). The maximum absolute atomic E-state index is 5.04. The van der Waals surface area contributed by atoms with Gasteiger partial charge in [-0.3, -0.25) is 9.38 Å². The summed E-state index contributed by atoms with van der Waals surface area (Å²) in [7, 11) is 0. The van der Waals surface area contributed by atoms with Crippen LogP contribution in [0.25, 0.3) is 60.7 Å². The van der Waals surface area contributed by atoms with Crippen LogP contribution in [-0.4, -0.2) is 19.4 Å². The van der Waals surface area contributed by atoms with Crippen molar-refractivity contribution < 1.29 is 0 Å². The molecule has 162 valence electrons. The van der Waals surface area contributed by atoms with Crippen molar-refractivity contribution in [3.05, 3.63) is 108 Å². The molecule has 0 atom stereocenters. The lowest BCUT2D eigenvalue weighted by Gasteiger charge is -2.13. The third-order valence-corrected chi connectivity index (χ3v) is 7.99. The first-order valence-corrected chi connectivity index (χ1v) is 12.0. The summed E-state index contributed by atoms with van der Waals surface area (Å²) >= 11 is 0. The molecule has 3 aromatic carbocycles. The third-order valence-electron chi connectivity index (χ3n) is 7.99. The van der Waals surface area contributed by atoms with E-state index in [-0.39, 0.29) is 0 Å². The lowest BCUT2D eigenvalue weighted by molar-refractivity contribution is 1.22. The van der Waals surface area contributed by atoms with E-state index in [1.807, 2.05) is 24.5 Å². The molecule has 2 aliphatic rings. The van der Waals surface area contributed by atoms with E-state index in [0.29, 0.717) is 0 Å². The molecular formula is C31H18N4. The number of hydrogen-bond acceptors (Lipinski definition) is 3. The molecule has 35 heavy (non-hydrogen) atoms. The summed E-state index contributed by atoms with van der Waals surface area (Å²) < 4.78 is 2.17. The average Bonchev–Trinajstić information content (AvgIpc) is 3.59. The third kappa shape index (κ3) is 2.11. The molecule has 0 radical (unpaired) electrons. The van der Waals surface area contributed by atoms with Gasteiger partial charge < -0.3 is 0 Å². The van der Waals surface area contributed by atoms with E-state index in [9.17, 15) is 0 Å². The van der Waals surface area contributed by atoms with Gasteiger partial charge in [0.2, 0.25) is 0 Å². The highest BCUT2D eigenvalue weighted by Crippen LogP contribution is 2.50. The summed E-state index contributed by atoms with van der Waals surface area (Å²) in [5, 5.41) is 3.62. The van der Waals surface area contributed by atoms with E-state index >= 15 is 0 Å². The van der Waals surface area contributed by atoms with E-state index in [2.05, 4.69) is 64.0 Å².